The van der Waals surface area contributed by atoms with Gasteiger partial charge in [0.05, 0.1) is 23.4 Å². The molecule has 0 amide bonds. The Hall–Kier alpha value is -2.99. The fourth-order valence-electron chi connectivity index (χ4n) is 3.47. The molecule has 0 saturated carbocycles. The molecule has 0 fully saturated rings. The molecule has 28 heavy (non-hydrogen) atoms. The molecule has 1 aliphatic heterocycles. The van der Waals surface area contributed by atoms with Crippen molar-refractivity contribution in [2.45, 2.75) is 17.9 Å². The summed E-state index contributed by atoms with van der Waals surface area (Å²) in [6.07, 6.45) is 0.700. The van der Waals surface area contributed by atoms with Gasteiger partial charge in [-0.25, -0.2) is 8.42 Å². The van der Waals surface area contributed by atoms with E-state index in [-0.39, 0.29) is 4.90 Å². The highest BCUT2D eigenvalue weighted by Gasteiger charge is 2.32. The van der Waals surface area contributed by atoms with Crippen LogP contribution in [0.5, 0.6) is 5.75 Å². The van der Waals surface area contributed by atoms with Crippen molar-refractivity contribution in [1.82, 2.24) is 0 Å². The molecule has 3 aromatic rings. The summed E-state index contributed by atoms with van der Waals surface area (Å²) in [6.45, 7) is 1.07. The molecular formula is C22H22N2O3S. The highest BCUT2D eigenvalue weighted by molar-refractivity contribution is 7.92. The van der Waals surface area contributed by atoms with E-state index < -0.39 is 10.0 Å². The number of sulfonamides is 1. The van der Waals surface area contributed by atoms with Crippen molar-refractivity contribution in [3.05, 3.63) is 83.9 Å². The molecule has 0 spiro atoms. The third-order valence-corrected chi connectivity index (χ3v) is 6.74. The van der Waals surface area contributed by atoms with Crippen molar-refractivity contribution in [3.63, 3.8) is 0 Å². The van der Waals surface area contributed by atoms with E-state index in [0.717, 1.165) is 22.5 Å². The van der Waals surface area contributed by atoms with Crippen LogP contribution >= 0.6 is 0 Å². The van der Waals surface area contributed by atoms with Crippen LogP contribution in [-0.2, 0) is 23.0 Å². The van der Waals surface area contributed by atoms with E-state index in [2.05, 4.69) is 5.32 Å². The van der Waals surface area contributed by atoms with Gasteiger partial charge >= 0.3 is 0 Å². The summed E-state index contributed by atoms with van der Waals surface area (Å²) in [7, 11) is -2.08. The molecule has 6 heteroatoms. The Balaban J connectivity index is 1.65. The van der Waals surface area contributed by atoms with Crippen molar-refractivity contribution in [1.29, 1.82) is 0 Å². The average Bonchev–Trinajstić information content (AvgIpc) is 3.19. The minimum atomic E-state index is -3.64. The molecule has 0 unspecified atom stereocenters. The lowest BCUT2D eigenvalue weighted by Gasteiger charge is -2.23. The molecular weight excluding hydrogens is 372 g/mol. The summed E-state index contributed by atoms with van der Waals surface area (Å²) in [6, 6.07) is 22.5. The summed E-state index contributed by atoms with van der Waals surface area (Å²) in [5, 5.41) is 3.41. The molecule has 0 bridgehead atoms. The summed E-state index contributed by atoms with van der Waals surface area (Å²) >= 11 is 0. The maximum absolute atomic E-state index is 13.3. The van der Waals surface area contributed by atoms with Crippen LogP contribution < -0.4 is 14.4 Å². The quantitative estimate of drug-likeness (QED) is 0.685. The Bertz CT molecular complexity index is 1060. The molecule has 1 N–H and O–H groups in total. The first-order valence-corrected chi connectivity index (χ1v) is 10.6. The Morgan fingerprint density at radius 3 is 2.43 bits per heavy atom. The fraction of sp³-hybridized carbons (Fsp3) is 0.182. The predicted octanol–water partition coefficient (Wildman–Crippen LogP) is 4.06. The van der Waals surface area contributed by atoms with Crippen LogP contribution in [0.2, 0.25) is 0 Å². The second-order valence-corrected chi connectivity index (χ2v) is 8.52. The van der Waals surface area contributed by atoms with Gasteiger partial charge in [0.2, 0.25) is 0 Å². The zero-order valence-corrected chi connectivity index (χ0v) is 16.4. The van der Waals surface area contributed by atoms with Gasteiger partial charge in [0.25, 0.3) is 10.0 Å². The topological polar surface area (TPSA) is 58.6 Å². The largest absolute Gasteiger partial charge is 0.497 e. The summed E-state index contributed by atoms with van der Waals surface area (Å²) < 4.78 is 33.2. The molecule has 3 aromatic carbocycles. The second-order valence-electron chi connectivity index (χ2n) is 6.66. The van der Waals surface area contributed by atoms with Gasteiger partial charge in [-0.1, -0.05) is 42.5 Å². The summed E-state index contributed by atoms with van der Waals surface area (Å²) in [4.78, 5) is 0.263. The number of anilines is 2. The third kappa shape index (κ3) is 3.43. The van der Waals surface area contributed by atoms with E-state index in [1.807, 2.05) is 48.5 Å². The van der Waals surface area contributed by atoms with E-state index in [1.54, 1.807) is 31.4 Å². The smallest absolute Gasteiger partial charge is 0.264 e. The van der Waals surface area contributed by atoms with E-state index in [4.69, 9.17) is 4.74 Å². The number of nitrogens with zero attached hydrogens (tertiary/aromatic N) is 1. The SMILES string of the molecule is COc1ccc(S(=O)(=O)N2CCc3cccc(NCc4ccccc4)c32)cc1. The van der Waals surface area contributed by atoms with Crippen LogP contribution in [-0.4, -0.2) is 22.1 Å². The first-order chi connectivity index (χ1) is 13.6. The van der Waals surface area contributed by atoms with Gasteiger partial charge in [0.15, 0.2) is 0 Å². The lowest BCUT2D eigenvalue weighted by atomic mass is 10.1. The molecule has 0 saturated heterocycles. The molecule has 4 rings (SSSR count). The molecule has 1 heterocycles. The van der Waals surface area contributed by atoms with Crippen LogP contribution in [0.3, 0.4) is 0 Å². The van der Waals surface area contributed by atoms with Gasteiger partial charge in [-0.3, -0.25) is 4.31 Å². The second kappa shape index (κ2) is 7.56. The number of nitrogens with one attached hydrogen (secondary N) is 1. The van der Waals surface area contributed by atoms with Crippen LogP contribution in [0.25, 0.3) is 0 Å². The number of benzene rings is 3. The average molecular weight is 394 g/mol. The lowest BCUT2D eigenvalue weighted by Crippen LogP contribution is -2.29. The van der Waals surface area contributed by atoms with Crippen molar-refractivity contribution in [3.8, 4) is 5.75 Å². The predicted molar refractivity (Wildman–Crippen MR) is 111 cm³/mol. The van der Waals surface area contributed by atoms with E-state index >= 15 is 0 Å². The van der Waals surface area contributed by atoms with Crippen molar-refractivity contribution < 1.29 is 13.2 Å². The first-order valence-electron chi connectivity index (χ1n) is 9.16. The summed E-state index contributed by atoms with van der Waals surface area (Å²) in [5.74, 6) is 0.631. The Morgan fingerprint density at radius 2 is 1.71 bits per heavy atom. The minimum Gasteiger partial charge on any atom is -0.497 e. The van der Waals surface area contributed by atoms with Crippen LogP contribution in [0.1, 0.15) is 11.1 Å². The first kappa shape index (κ1) is 18.4. The van der Waals surface area contributed by atoms with Crippen molar-refractivity contribution in [2.24, 2.45) is 0 Å². The molecule has 0 aliphatic carbocycles. The number of rotatable bonds is 6. The highest BCUT2D eigenvalue weighted by atomic mass is 32.2. The van der Waals surface area contributed by atoms with Gasteiger partial charge < -0.3 is 10.1 Å². The Labute approximate surface area is 165 Å². The van der Waals surface area contributed by atoms with Gasteiger partial charge in [-0.05, 0) is 47.9 Å². The lowest BCUT2D eigenvalue weighted by molar-refractivity contribution is 0.414. The van der Waals surface area contributed by atoms with Crippen LogP contribution in [0.15, 0.2) is 77.7 Å². The Morgan fingerprint density at radius 1 is 0.964 bits per heavy atom. The van der Waals surface area contributed by atoms with Crippen LogP contribution in [0.4, 0.5) is 11.4 Å². The molecule has 5 nitrogen and oxygen atoms in total. The van der Waals surface area contributed by atoms with Crippen molar-refractivity contribution in [2.75, 3.05) is 23.3 Å². The molecule has 1 aliphatic rings. The molecule has 0 aromatic heterocycles. The monoisotopic (exact) mass is 394 g/mol. The highest BCUT2D eigenvalue weighted by Crippen LogP contribution is 2.39. The maximum Gasteiger partial charge on any atom is 0.264 e. The van der Waals surface area contributed by atoms with Gasteiger partial charge in [-0.15, -0.1) is 0 Å². The van der Waals surface area contributed by atoms with Gasteiger partial charge in [0, 0.05) is 13.1 Å². The van der Waals surface area contributed by atoms with Crippen LogP contribution in [0, 0.1) is 0 Å². The fourth-order valence-corrected chi connectivity index (χ4v) is 4.99. The number of ether oxygens (including phenoxy) is 1. The normalized spacial score (nSPS) is 13.2. The molecule has 0 atom stereocenters. The zero-order valence-electron chi connectivity index (χ0n) is 15.6. The molecule has 0 radical (unpaired) electrons. The van der Waals surface area contributed by atoms with E-state index in [1.165, 1.54) is 4.31 Å². The number of fused-ring (bicyclic) bond motifs is 1. The van der Waals surface area contributed by atoms with E-state index in [0.29, 0.717) is 25.3 Å². The maximum atomic E-state index is 13.3. The van der Waals surface area contributed by atoms with Gasteiger partial charge in [0.1, 0.15) is 5.75 Å². The summed E-state index contributed by atoms with van der Waals surface area (Å²) in [5.41, 5.74) is 3.75. The van der Waals surface area contributed by atoms with E-state index in [9.17, 15) is 8.42 Å². The molecule has 144 valence electrons. The third-order valence-electron chi connectivity index (χ3n) is 4.93. The zero-order chi connectivity index (χ0) is 19.6. The minimum absolute atomic E-state index is 0.263. The number of methoxy groups -OCH3 is 1. The van der Waals surface area contributed by atoms with Crippen molar-refractivity contribution >= 4 is 21.4 Å². The number of para-hydroxylation sites is 1. The number of hydrogen-bond donors (Lipinski definition) is 1. The number of hydrogen-bond acceptors (Lipinski definition) is 4. The standard InChI is InChI=1S/C22H22N2O3S/c1-27-19-10-12-20(13-11-19)28(25,26)24-15-14-18-8-5-9-21(22(18)24)23-16-17-6-3-2-4-7-17/h2-13,23H,14-16H2,1H3. The Kier molecular flexibility index (Phi) is 4.96. The van der Waals surface area contributed by atoms with Gasteiger partial charge in [-0.2, -0.15) is 0 Å².